The first-order valence-electron chi connectivity index (χ1n) is 7.32. The first kappa shape index (κ1) is 14.3. The number of nitro groups is 1. The van der Waals surface area contributed by atoms with Crippen LogP contribution in [0.1, 0.15) is 17.5 Å². The van der Waals surface area contributed by atoms with Gasteiger partial charge in [0.05, 0.1) is 11.5 Å². The number of fused-ring (bicyclic) bond motifs is 1. The number of anilines is 1. The molecule has 6 heteroatoms. The van der Waals surface area contributed by atoms with Crippen LogP contribution in [0.3, 0.4) is 0 Å². The molecular formula is C16H17N3O3. The summed E-state index contributed by atoms with van der Waals surface area (Å²) in [6.07, 6.45) is 5.01. The number of rotatable bonds is 6. The van der Waals surface area contributed by atoms with Crippen molar-refractivity contribution in [2.45, 2.75) is 19.3 Å². The van der Waals surface area contributed by atoms with Gasteiger partial charge in [-0.15, -0.1) is 0 Å². The maximum Gasteiger partial charge on any atom is 0.311 e. The smallest absolute Gasteiger partial charge is 0.311 e. The molecule has 1 aromatic carbocycles. The van der Waals surface area contributed by atoms with Crippen molar-refractivity contribution in [3.05, 3.63) is 57.8 Å². The van der Waals surface area contributed by atoms with Crippen LogP contribution in [-0.4, -0.2) is 23.1 Å². The Morgan fingerprint density at radius 1 is 1.27 bits per heavy atom. The maximum absolute atomic E-state index is 10.9. The molecule has 0 fully saturated rings. The summed E-state index contributed by atoms with van der Waals surface area (Å²) in [4.78, 5) is 14.4. The molecule has 114 valence electrons. The lowest BCUT2D eigenvalue weighted by Crippen LogP contribution is -2.13. The van der Waals surface area contributed by atoms with Crippen LogP contribution in [0.5, 0.6) is 5.75 Å². The van der Waals surface area contributed by atoms with E-state index in [1.807, 2.05) is 6.07 Å². The van der Waals surface area contributed by atoms with E-state index < -0.39 is 4.92 Å². The van der Waals surface area contributed by atoms with Crippen molar-refractivity contribution >= 4 is 11.5 Å². The van der Waals surface area contributed by atoms with Gasteiger partial charge in [-0.1, -0.05) is 6.07 Å². The van der Waals surface area contributed by atoms with Gasteiger partial charge < -0.3 is 10.1 Å². The summed E-state index contributed by atoms with van der Waals surface area (Å²) in [6, 6.07) is 9.16. The van der Waals surface area contributed by atoms with Crippen molar-refractivity contribution in [2.24, 2.45) is 0 Å². The molecule has 2 aromatic rings. The number of pyridine rings is 1. The zero-order valence-corrected chi connectivity index (χ0v) is 12.1. The van der Waals surface area contributed by atoms with Crippen LogP contribution in [0.15, 0.2) is 36.5 Å². The predicted octanol–water partition coefficient (Wildman–Crippen LogP) is 2.97. The highest BCUT2D eigenvalue weighted by Crippen LogP contribution is 2.26. The Morgan fingerprint density at radius 2 is 2.14 bits per heavy atom. The van der Waals surface area contributed by atoms with Gasteiger partial charge in [-0.3, -0.25) is 10.1 Å². The number of nitrogens with zero attached hydrogens (tertiary/aromatic N) is 2. The summed E-state index contributed by atoms with van der Waals surface area (Å²) in [5.41, 5.74) is 2.75. The van der Waals surface area contributed by atoms with Crippen molar-refractivity contribution in [1.82, 2.24) is 4.98 Å². The Balaban J connectivity index is 1.53. The molecule has 0 saturated heterocycles. The molecule has 3 rings (SSSR count). The lowest BCUT2D eigenvalue weighted by Gasteiger charge is -2.09. The summed E-state index contributed by atoms with van der Waals surface area (Å²) < 4.78 is 5.69. The second-order valence-electron chi connectivity index (χ2n) is 5.19. The molecule has 0 saturated carbocycles. The van der Waals surface area contributed by atoms with Crippen molar-refractivity contribution in [3.8, 4) is 5.75 Å². The van der Waals surface area contributed by atoms with Gasteiger partial charge >= 0.3 is 5.69 Å². The van der Waals surface area contributed by atoms with Crippen LogP contribution < -0.4 is 10.1 Å². The first-order chi connectivity index (χ1) is 10.7. The predicted molar refractivity (Wildman–Crippen MR) is 83.3 cm³/mol. The van der Waals surface area contributed by atoms with E-state index in [1.165, 1.54) is 29.8 Å². The minimum absolute atomic E-state index is 0.0277. The number of nitrogens with one attached hydrogen (secondary N) is 1. The third kappa shape index (κ3) is 3.16. The van der Waals surface area contributed by atoms with Crippen LogP contribution in [0.25, 0.3) is 0 Å². The maximum atomic E-state index is 10.9. The largest absolute Gasteiger partial charge is 0.492 e. The average Bonchev–Trinajstić information content (AvgIpc) is 2.99. The zero-order chi connectivity index (χ0) is 15.4. The van der Waals surface area contributed by atoms with E-state index in [0.717, 1.165) is 18.6 Å². The van der Waals surface area contributed by atoms with E-state index in [4.69, 9.17) is 4.74 Å². The van der Waals surface area contributed by atoms with E-state index in [2.05, 4.69) is 22.4 Å². The molecule has 1 aromatic heterocycles. The van der Waals surface area contributed by atoms with Gasteiger partial charge in [-0.25, -0.2) is 4.98 Å². The Bertz CT molecular complexity index is 688. The van der Waals surface area contributed by atoms with Crippen molar-refractivity contribution in [1.29, 1.82) is 0 Å². The second kappa shape index (κ2) is 6.43. The molecule has 0 aliphatic heterocycles. The summed E-state index contributed by atoms with van der Waals surface area (Å²) in [7, 11) is 0. The fraction of sp³-hybridized carbons (Fsp3) is 0.312. The molecule has 22 heavy (non-hydrogen) atoms. The van der Waals surface area contributed by atoms with Crippen LogP contribution in [-0.2, 0) is 12.8 Å². The monoisotopic (exact) mass is 299 g/mol. The molecule has 0 unspecified atom stereocenters. The molecular weight excluding hydrogens is 282 g/mol. The van der Waals surface area contributed by atoms with Crippen LogP contribution in [0.4, 0.5) is 11.5 Å². The standard InChI is InChI=1S/C16H17N3O3/c20-19(21)15-5-2-8-17-16(15)18-9-10-22-14-7-6-12-3-1-4-13(12)11-14/h2,5-8,11H,1,3-4,9-10H2,(H,17,18). The minimum Gasteiger partial charge on any atom is -0.492 e. The minimum atomic E-state index is -0.448. The number of benzene rings is 1. The number of hydrogen-bond acceptors (Lipinski definition) is 5. The van der Waals surface area contributed by atoms with Gasteiger partial charge in [0.2, 0.25) is 5.82 Å². The van der Waals surface area contributed by atoms with Gasteiger partial charge in [-0.2, -0.15) is 0 Å². The molecule has 6 nitrogen and oxygen atoms in total. The van der Waals surface area contributed by atoms with Crippen molar-refractivity contribution in [3.63, 3.8) is 0 Å². The van der Waals surface area contributed by atoms with Crippen LogP contribution in [0.2, 0.25) is 0 Å². The molecule has 1 N–H and O–H groups in total. The van der Waals surface area contributed by atoms with E-state index in [0.29, 0.717) is 13.2 Å². The van der Waals surface area contributed by atoms with Crippen LogP contribution >= 0.6 is 0 Å². The van der Waals surface area contributed by atoms with E-state index >= 15 is 0 Å². The number of ether oxygens (including phenoxy) is 1. The number of aryl methyl sites for hydroxylation is 2. The highest BCUT2D eigenvalue weighted by Gasteiger charge is 2.13. The van der Waals surface area contributed by atoms with Gasteiger partial charge in [-0.05, 0) is 48.6 Å². The molecule has 0 radical (unpaired) electrons. The van der Waals surface area contributed by atoms with Gasteiger partial charge in [0.25, 0.3) is 0 Å². The summed E-state index contributed by atoms with van der Waals surface area (Å²) in [5.74, 6) is 1.11. The quantitative estimate of drug-likeness (QED) is 0.504. The first-order valence-corrected chi connectivity index (χ1v) is 7.32. The lowest BCUT2D eigenvalue weighted by molar-refractivity contribution is -0.384. The summed E-state index contributed by atoms with van der Waals surface area (Å²) in [5, 5.41) is 13.8. The fourth-order valence-electron chi connectivity index (χ4n) is 2.66. The Kier molecular flexibility index (Phi) is 4.18. The molecule has 1 aliphatic carbocycles. The molecule has 0 spiro atoms. The van der Waals surface area contributed by atoms with E-state index in [-0.39, 0.29) is 11.5 Å². The van der Waals surface area contributed by atoms with Crippen LogP contribution in [0, 0.1) is 10.1 Å². The third-order valence-electron chi connectivity index (χ3n) is 3.72. The highest BCUT2D eigenvalue weighted by molar-refractivity contribution is 5.55. The SMILES string of the molecule is O=[N+]([O-])c1cccnc1NCCOc1ccc2c(c1)CCC2. The average molecular weight is 299 g/mol. The van der Waals surface area contributed by atoms with Crippen molar-refractivity contribution in [2.75, 3.05) is 18.5 Å². The number of hydrogen-bond donors (Lipinski definition) is 1. The summed E-state index contributed by atoms with van der Waals surface area (Å²) >= 11 is 0. The zero-order valence-electron chi connectivity index (χ0n) is 12.1. The second-order valence-corrected chi connectivity index (χ2v) is 5.19. The van der Waals surface area contributed by atoms with E-state index in [1.54, 1.807) is 6.07 Å². The third-order valence-corrected chi connectivity index (χ3v) is 3.72. The fourth-order valence-corrected chi connectivity index (χ4v) is 2.66. The number of aromatic nitrogens is 1. The van der Waals surface area contributed by atoms with Gasteiger partial charge in [0.15, 0.2) is 0 Å². The van der Waals surface area contributed by atoms with Gasteiger partial charge in [0.1, 0.15) is 12.4 Å². The van der Waals surface area contributed by atoms with Gasteiger partial charge in [0, 0.05) is 12.3 Å². The van der Waals surface area contributed by atoms with E-state index in [9.17, 15) is 10.1 Å². The molecule has 0 atom stereocenters. The molecule has 1 aliphatic rings. The topological polar surface area (TPSA) is 77.3 Å². The van der Waals surface area contributed by atoms with Crippen molar-refractivity contribution < 1.29 is 9.66 Å². The Morgan fingerprint density at radius 3 is 3.00 bits per heavy atom. The molecule has 0 bridgehead atoms. The Labute approximate surface area is 128 Å². The Hall–Kier alpha value is -2.63. The highest BCUT2D eigenvalue weighted by atomic mass is 16.6. The molecule has 0 amide bonds. The normalized spacial score (nSPS) is 12.7. The molecule has 1 heterocycles. The summed E-state index contributed by atoms with van der Waals surface area (Å²) in [6.45, 7) is 0.876. The lowest BCUT2D eigenvalue weighted by atomic mass is 10.1.